The summed E-state index contributed by atoms with van der Waals surface area (Å²) in [6.45, 7) is 4.76. The second kappa shape index (κ2) is 7.96. The molecule has 144 valence electrons. The van der Waals surface area contributed by atoms with Gasteiger partial charge in [0.2, 0.25) is 0 Å². The first kappa shape index (κ1) is 19.2. The van der Waals surface area contributed by atoms with Crippen molar-refractivity contribution >= 4 is 22.9 Å². The first-order chi connectivity index (χ1) is 13.4. The Kier molecular flexibility index (Phi) is 5.44. The zero-order valence-electron chi connectivity index (χ0n) is 15.6. The minimum atomic E-state index is -0.924. The molecule has 0 aliphatic heterocycles. The molecule has 7 nitrogen and oxygen atoms in total. The molecule has 1 aromatic heterocycles. The summed E-state index contributed by atoms with van der Waals surface area (Å²) in [5.74, 6) is -1.55. The van der Waals surface area contributed by atoms with Crippen LogP contribution in [0.15, 0.2) is 57.7 Å². The Balaban J connectivity index is 2.16. The van der Waals surface area contributed by atoms with Crippen LogP contribution in [0.1, 0.15) is 31.1 Å². The van der Waals surface area contributed by atoms with Gasteiger partial charge in [-0.05, 0) is 38.1 Å². The number of fused-ring (bicyclic) bond motifs is 1. The molecule has 0 spiro atoms. The van der Waals surface area contributed by atoms with E-state index >= 15 is 0 Å². The number of para-hydroxylation sites is 1. The van der Waals surface area contributed by atoms with Crippen LogP contribution in [0.3, 0.4) is 0 Å². The molecule has 0 amide bonds. The van der Waals surface area contributed by atoms with Crippen LogP contribution in [0.5, 0.6) is 17.2 Å². The van der Waals surface area contributed by atoms with Gasteiger partial charge in [-0.1, -0.05) is 24.3 Å². The van der Waals surface area contributed by atoms with Crippen LogP contribution in [0, 0.1) is 0 Å². The molecule has 0 aliphatic rings. The Hall–Kier alpha value is -3.61. The lowest BCUT2D eigenvalue weighted by Crippen LogP contribution is -2.18. The number of hydrogen-bond acceptors (Lipinski definition) is 7. The van der Waals surface area contributed by atoms with E-state index in [9.17, 15) is 14.4 Å². The average molecular weight is 382 g/mol. The van der Waals surface area contributed by atoms with Gasteiger partial charge in [-0.15, -0.1) is 0 Å². The lowest BCUT2D eigenvalue weighted by Gasteiger charge is -2.16. The molecule has 0 N–H and O–H groups in total. The van der Waals surface area contributed by atoms with Gasteiger partial charge >= 0.3 is 17.6 Å². The summed E-state index contributed by atoms with van der Waals surface area (Å²) in [4.78, 5) is 36.3. The van der Waals surface area contributed by atoms with Crippen molar-refractivity contribution in [3.05, 3.63) is 64.5 Å². The normalized spacial score (nSPS) is 10.7. The Bertz CT molecular complexity index is 1080. The van der Waals surface area contributed by atoms with Crippen molar-refractivity contribution in [2.24, 2.45) is 0 Å². The van der Waals surface area contributed by atoms with E-state index in [-0.39, 0.29) is 34.5 Å². The third-order valence-corrected chi connectivity index (χ3v) is 3.62. The molecule has 0 fully saturated rings. The highest BCUT2D eigenvalue weighted by atomic mass is 16.6. The first-order valence-corrected chi connectivity index (χ1v) is 8.59. The highest BCUT2D eigenvalue weighted by Crippen LogP contribution is 2.37. The predicted octanol–water partition coefficient (Wildman–Crippen LogP) is 3.72. The van der Waals surface area contributed by atoms with E-state index in [2.05, 4.69) is 0 Å². The zero-order chi connectivity index (χ0) is 20.3. The molecular formula is C21H18O7. The van der Waals surface area contributed by atoms with E-state index in [1.807, 2.05) is 0 Å². The monoisotopic (exact) mass is 382 g/mol. The van der Waals surface area contributed by atoms with Crippen LogP contribution in [0.2, 0.25) is 0 Å². The van der Waals surface area contributed by atoms with Crippen molar-refractivity contribution < 1.29 is 28.2 Å². The molecule has 3 aromatic rings. The first-order valence-electron chi connectivity index (χ1n) is 8.59. The molecule has 28 heavy (non-hydrogen) atoms. The standard InChI is InChI=1S/C21H18O7/c1-12(2)25-18-15-10-7-11-16(26-13(3)22)17(15)27-21(24)19(18)28-20(23)14-8-5-4-6-9-14/h4-12H,1-3H3. The average Bonchev–Trinajstić information content (AvgIpc) is 2.65. The SMILES string of the molecule is CC(=O)Oc1cccc2c(OC(C)C)c(OC(=O)c3ccccc3)c(=O)oc12. The predicted molar refractivity (Wildman–Crippen MR) is 101 cm³/mol. The minimum Gasteiger partial charge on any atom is -0.486 e. The highest BCUT2D eigenvalue weighted by molar-refractivity contribution is 5.94. The van der Waals surface area contributed by atoms with Crippen molar-refractivity contribution in [2.45, 2.75) is 26.9 Å². The summed E-state index contributed by atoms with van der Waals surface area (Å²) in [5, 5.41) is 0.336. The smallest absolute Gasteiger partial charge is 0.383 e. The molecule has 0 unspecified atom stereocenters. The number of benzene rings is 2. The number of rotatable bonds is 5. The molecule has 0 saturated heterocycles. The molecule has 7 heteroatoms. The van der Waals surface area contributed by atoms with Gasteiger partial charge in [0.05, 0.1) is 17.1 Å². The van der Waals surface area contributed by atoms with Crippen LogP contribution in [-0.2, 0) is 4.79 Å². The summed E-state index contributed by atoms with van der Waals surface area (Å²) in [7, 11) is 0. The fourth-order valence-corrected chi connectivity index (χ4v) is 2.56. The maximum atomic E-state index is 12.6. The van der Waals surface area contributed by atoms with Gasteiger partial charge in [-0.2, -0.15) is 0 Å². The van der Waals surface area contributed by atoms with Crippen LogP contribution >= 0.6 is 0 Å². The molecular weight excluding hydrogens is 364 g/mol. The molecule has 0 bridgehead atoms. The van der Waals surface area contributed by atoms with Crippen molar-refractivity contribution in [1.82, 2.24) is 0 Å². The molecule has 0 saturated carbocycles. The quantitative estimate of drug-likeness (QED) is 0.377. The molecule has 1 heterocycles. The lowest BCUT2D eigenvalue weighted by atomic mass is 10.2. The second-order valence-corrected chi connectivity index (χ2v) is 6.20. The summed E-state index contributed by atoms with van der Waals surface area (Å²) in [6.07, 6.45) is -0.323. The zero-order valence-corrected chi connectivity index (χ0v) is 15.6. The Morgan fingerprint density at radius 2 is 1.64 bits per heavy atom. The van der Waals surface area contributed by atoms with Crippen LogP contribution in [0.25, 0.3) is 11.0 Å². The van der Waals surface area contributed by atoms with Crippen molar-refractivity contribution in [1.29, 1.82) is 0 Å². The Morgan fingerprint density at radius 1 is 0.929 bits per heavy atom. The summed E-state index contributed by atoms with van der Waals surface area (Å²) in [5.41, 5.74) is -0.629. The van der Waals surface area contributed by atoms with E-state index in [4.69, 9.17) is 18.6 Å². The van der Waals surface area contributed by atoms with Gasteiger partial charge in [0.15, 0.2) is 17.1 Å². The molecule has 2 aromatic carbocycles. The summed E-state index contributed by atoms with van der Waals surface area (Å²) in [6, 6.07) is 12.9. The largest absolute Gasteiger partial charge is 0.486 e. The van der Waals surface area contributed by atoms with Gasteiger partial charge in [0.1, 0.15) is 0 Å². The van der Waals surface area contributed by atoms with E-state index < -0.39 is 17.6 Å². The van der Waals surface area contributed by atoms with Crippen molar-refractivity contribution in [2.75, 3.05) is 0 Å². The van der Waals surface area contributed by atoms with E-state index in [0.717, 1.165) is 0 Å². The molecule has 0 aliphatic carbocycles. The maximum absolute atomic E-state index is 12.6. The molecule has 0 atom stereocenters. The van der Waals surface area contributed by atoms with Gasteiger partial charge in [0, 0.05) is 6.92 Å². The van der Waals surface area contributed by atoms with E-state index in [1.165, 1.54) is 13.0 Å². The Labute approximate surface area is 160 Å². The third-order valence-electron chi connectivity index (χ3n) is 3.62. The van der Waals surface area contributed by atoms with Crippen LogP contribution in [-0.4, -0.2) is 18.0 Å². The Morgan fingerprint density at radius 3 is 2.29 bits per heavy atom. The van der Waals surface area contributed by atoms with E-state index in [1.54, 1.807) is 56.3 Å². The number of carbonyl (C=O) groups is 2. The summed E-state index contributed by atoms with van der Waals surface area (Å²) >= 11 is 0. The van der Waals surface area contributed by atoms with Gasteiger partial charge in [-0.25, -0.2) is 9.59 Å². The number of carbonyl (C=O) groups excluding carboxylic acids is 2. The molecule has 3 rings (SSSR count). The van der Waals surface area contributed by atoms with Crippen molar-refractivity contribution in [3.8, 4) is 17.2 Å². The van der Waals surface area contributed by atoms with Gasteiger partial charge in [0.25, 0.3) is 5.75 Å². The van der Waals surface area contributed by atoms with E-state index in [0.29, 0.717) is 5.39 Å². The van der Waals surface area contributed by atoms with Crippen LogP contribution < -0.4 is 19.8 Å². The fourth-order valence-electron chi connectivity index (χ4n) is 2.56. The number of ether oxygens (including phenoxy) is 3. The minimum absolute atomic E-state index is 0.0258. The third kappa shape index (κ3) is 4.03. The maximum Gasteiger partial charge on any atom is 0.383 e. The number of hydrogen-bond donors (Lipinski definition) is 0. The lowest BCUT2D eigenvalue weighted by molar-refractivity contribution is -0.131. The second-order valence-electron chi connectivity index (χ2n) is 6.20. The topological polar surface area (TPSA) is 92.0 Å². The number of esters is 2. The highest BCUT2D eigenvalue weighted by Gasteiger charge is 2.24. The van der Waals surface area contributed by atoms with Gasteiger partial charge < -0.3 is 18.6 Å². The summed E-state index contributed by atoms with van der Waals surface area (Å²) < 4.78 is 21.5. The van der Waals surface area contributed by atoms with Crippen molar-refractivity contribution in [3.63, 3.8) is 0 Å². The molecule has 0 radical (unpaired) electrons. The van der Waals surface area contributed by atoms with Gasteiger partial charge in [-0.3, -0.25) is 4.79 Å². The van der Waals surface area contributed by atoms with Crippen LogP contribution in [0.4, 0.5) is 0 Å². The fraction of sp³-hybridized carbons (Fsp3) is 0.190.